The van der Waals surface area contributed by atoms with Crippen molar-refractivity contribution in [3.05, 3.63) is 34.6 Å². The highest BCUT2D eigenvalue weighted by molar-refractivity contribution is 6.34. The smallest absolute Gasteiger partial charge is 0.252 e. The number of rotatable bonds is 6. The standard InChI is InChI=1S/C13H16Cl2FNO/c1-9(8-14)4-3-7-17-13(18)10-5-2-6-11(16)12(10)15/h2,5-6,9H,3-4,7-8H2,1H3,(H,17,18). The zero-order valence-electron chi connectivity index (χ0n) is 10.2. The van der Waals surface area contributed by atoms with Gasteiger partial charge in [-0.15, -0.1) is 11.6 Å². The summed E-state index contributed by atoms with van der Waals surface area (Å²) in [6, 6.07) is 4.19. The molecule has 0 radical (unpaired) electrons. The molecule has 0 fully saturated rings. The highest BCUT2D eigenvalue weighted by Crippen LogP contribution is 2.19. The number of carbonyl (C=O) groups is 1. The summed E-state index contributed by atoms with van der Waals surface area (Å²) in [5.74, 6) is 0.114. The minimum atomic E-state index is -0.583. The van der Waals surface area contributed by atoms with Gasteiger partial charge in [-0.3, -0.25) is 4.79 Å². The van der Waals surface area contributed by atoms with E-state index in [4.69, 9.17) is 23.2 Å². The number of carbonyl (C=O) groups excluding carboxylic acids is 1. The van der Waals surface area contributed by atoms with Crippen molar-refractivity contribution in [3.8, 4) is 0 Å². The van der Waals surface area contributed by atoms with E-state index in [9.17, 15) is 9.18 Å². The number of halogens is 3. The SMILES string of the molecule is CC(CCl)CCCNC(=O)c1cccc(F)c1Cl. The summed E-state index contributed by atoms with van der Waals surface area (Å²) in [6.07, 6.45) is 1.78. The van der Waals surface area contributed by atoms with Gasteiger partial charge in [-0.1, -0.05) is 24.6 Å². The highest BCUT2D eigenvalue weighted by Gasteiger charge is 2.12. The lowest BCUT2D eigenvalue weighted by Crippen LogP contribution is -2.25. The summed E-state index contributed by atoms with van der Waals surface area (Å²) in [5.41, 5.74) is 0.169. The van der Waals surface area contributed by atoms with Gasteiger partial charge in [-0.2, -0.15) is 0 Å². The van der Waals surface area contributed by atoms with Gasteiger partial charge in [0.15, 0.2) is 0 Å². The molecule has 2 nitrogen and oxygen atoms in total. The fraction of sp³-hybridized carbons (Fsp3) is 0.462. The van der Waals surface area contributed by atoms with Crippen LogP contribution in [0, 0.1) is 11.7 Å². The van der Waals surface area contributed by atoms with Crippen LogP contribution >= 0.6 is 23.2 Å². The van der Waals surface area contributed by atoms with E-state index in [1.54, 1.807) is 0 Å². The van der Waals surface area contributed by atoms with Gasteiger partial charge in [0.2, 0.25) is 0 Å². The van der Waals surface area contributed by atoms with Gasteiger partial charge in [0.1, 0.15) is 5.82 Å². The summed E-state index contributed by atoms with van der Waals surface area (Å²) < 4.78 is 13.2. The molecular weight excluding hydrogens is 276 g/mol. The van der Waals surface area contributed by atoms with Crippen molar-refractivity contribution in [2.45, 2.75) is 19.8 Å². The number of nitrogens with one attached hydrogen (secondary N) is 1. The molecule has 0 spiro atoms. The van der Waals surface area contributed by atoms with Gasteiger partial charge in [-0.25, -0.2) is 4.39 Å². The summed E-state index contributed by atoms with van der Waals surface area (Å²) in [4.78, 5) is 11.7. The first-order valence-corrected chi connectivity index (χ1v) is 6.75. The third kappa shape index (κ3) is 4.46. The average Bonchev–Trinajstić information content (AvgIpc) is 2.37. The first kappa shape index (κ1) is 15.3. The number of alkyl halides is 1. The number of amides is 1. The summed E-state index contributed by atoms with van der Waals surface area (Å²) in [6.45, 7) is 2.59. The third-order valence-electron chi connectivity index (χ3n) is 2.62. The number of benzene rings is 1. The highest BCUT2D eigenvalue weighted by atomic mass is 35.5. The summed E-state index contributed by atoms with van der Waals surface area (Å²) >= 11 is 11.4. The molecular formula is C13H16Cl2FNO. The first-order valence-electron chi connectivity index (χ1n) is 5.84. The molecule has 5 heteroatoms. The molecule has 0 bridgehead atoms. The van der Waals surface area contributed by atoms with Crippen molar-refractivity contribution in [3.63, 3.8) is 0 Å². The first-order chi connectivity index (χ1) is 8.56. The molecule has 1 rings (SSSR count). The van der Waals surface area contributed by atoms with Crippen LogP contribution in [0.25, 0.3) is 0 Å². The van der Waals surface area contributed by atoms with Gasteiger partial charge < -0.3 is 5.32 Å². The van der Waals surface area contributed by atoms with E-state index < -0.39 is 5.82 Å². The fourth-order valence-corrected chi connectivity index (χ4v) is 1.87. The largest absolute Gasteiger partial charge is 0.352 e. The molecule has 18 heavy (non-hydrogen) atoms. The van der Waals surface area contributed by atoms with Crippen LogP contribution in [0.3, 0.4) is 0 Å². The molecule has 100 valence electrons. The Morgan fingerprint density at radius 1 is 1.50 bits per heavy atom. The molecule has 0 aliphatic heterocycles. The van der Waals surface area contributed by atoms with Gasteiger partial charge >= 0.3 is 0 Å². The van der Waals surface area contributed by atoms with Crippen LogP contribution in [-0.4, -0.2) is 18.3 Å². The minimum absolute atomic E-state index is 0.135. The topological polar surface area (TPSA) is 29.1 Å². The Hall–Kier alpha value is -0.800. The Bertz CT molecular complexity index is 412. The Balaban J connectivity index is 2.44. The molecule has 1 amide bonds. The minimum Gasteiger partial charge on any atom is -0.352 e. The Kier molecular flexibility index (Phi) is 6.44. The lowest BCUT2D eigenvalue weighted by Gasteiger charge is -2.09. The van der Waals surface area contributed by atoms with Crippen molar-refractivity contribution in [2.24, 2.45) is 5.92 Å². The van der Waals surface area contributed by atoms with E-state index in [2.05, 4.69) is 12.2 Å². The molecule has 1 atom stereocenters. The van der Waals surface area contributed by atoms with Gasteiger partial charge in [-0.05, 0) is 30.9 Å². The van der Waals surface area contributed by atoms with E-state index in [0.717, 1.165) is 12.8 Å². The zero-order chi connectivity index (χ0) is 13.5. The summed E-state index contributed by atoms with van der Waals surface area (Å²) in [5, 5.41) is 2.58. The second-order valence-corrected chi connectivity index (χ2v) is 4.95. The van der Waals surface area contributed by atoms with Crippen LogP contribution in [0.15, 0.2) is 18.2 Å². The molecule has 0 aliphatic carbocycles. The van der Waals surface area contributed by atoms with Crippen molar-refractivity contribution in [2.75, 3.05) is 12.4 Å². The maximum atomic E-state index is 13.2. The Morgan fingerprint density at radius 3 is 2.89 bits per heavy atom. The molecule has 0 saturated heterocycles. The lowest BCUT2D eigenvalue weighted by molar-refractivity contribution is 0.0952. The Morgan fingerprint density at radius 2 is 2.22 bits per heavy atom. The zero-order valence-corrected chi connectivity index (χ0v) is 11.7. The van der Waals surface area contributed by atoms with E-state index in [1.165, 1.54) is 18.2 Å². The second-order valence-electron chi connectivity index (χ2n) is 4.26. The molecule has 1 N–H and O–H groups in total. The van der Waals surface area contributed by atoms with Crippen LogP contribution in [0.5, 0.6) is 0 Å². The van der Waals surface area contributed by atoms with Crippen LogP contribution < -0.4 is 5.32 Å². The molecule has 1 aromatic rings. The Labute approximate surface area is 116 Å². The van der Waals surface area contributed by atoms with Crippen molar-refractivity contribution in [1.82, 2.24) is 5.32 Å². The predicted molar refractivity (Wildman–Crippen MR) is 72.9 cm³/mol. The van der Waals surface area contributed by atoms with Gasteiger partial charge in [0.05, 0.1) is 10.6 Å². The average molecular weight is 292 g/mol. The second kappa shape index (κ2) is 7.59. The van der Waals surface area contributed by atoms with Crippen LogP contribution in [0.4, 0.5) is 4.39 Å². The van der Waals surface area contributed by atoms with E-state index in [1.807, 2.05) is 0 Å². The van der Waals surface area contributed by atoms with Crippen LogP contribution in [-0.2, 0) is 0 Å². The molecule has 1 unspecified atom stereocenters. The molecule has 0 saturated carbocycles. The lowest BCUT2D eigenvalue weighted by atomic mass is 10.1. The van der Waals surface area contributed by atoms with Crippen molar-refractivity contribution >= 4 is 29.1 Å². The predicted octanol–water partition coefficient (Wildman–Crippen LogP) is 3.86. The third-order valence-corrected chi connectivity index (χ3v) is 3.53. The van der Waals surface area contributed by atoms with E-state index in [0.29, 0.717) is 18.3 Å². The van der Waals surface area contributed by atoms with E-state index in [-0.39, 0.29) is 16.5 Å². The quantitative estimate of drug-likeness (QED) is 0.626. The fourth-order valence-electron chi connectivity index (χ4n) is 1.50. The molecule has 0 aromatic heterocycles. The normalized spacial score (nSPS) is 12.2. The van der Waals surface area contributed by atoms with Crippen LogP contribution in [0.1, 0.15) is 30.1 Å². The number of hydrogen-bond acceptors (Lipinski definition) is 1. The monoisotopic (exact) mass is 291 g/mol. The van der Waals surface area contributed by atoms with Crippen molar-refractivity contribution in [1.29, 1.82) is 0 Å². The molecule has 0 heterocycles. The van der Waals surface area contributed by atoms with E-state index >= 15 is 0 Å². The maximum absolute atomic E-state index is 13.2. The molecule has 1 aromatic carbocycles. The summed E-state index contributed by atoms with van der Waals surface area (Å²) in [7, 11) is 0. The molecule has 0 aliphatic rings. The maximum Gasteiger partial charge on any atom is 0.252 e. The van der Waals surface area contributed by atoms with Crippen molar-refractivity contribution < 1.29 is 9.18 Å². The van der Waals surface area contributed by atoms with Crippen LogP contribution in [0.2, 0.25) is 5.02 Å². The number of hydrogen-bond donors (Lipinski definition) is 1. The van der Waals surface area contributed by atoms with Gasteiger partial charge in [0.25, 0.3) is 5.91 Å². The van der Waals surface area contributed by atoms with Gasteiger partial charge in [0, 0.05) is 12.4 Å².